The first kappa shape index (κ1) is 14.6. The number of aryl methyl sites for hydroxylation is 1. The topological polar surface area (TPSA) is 68.5 Å². The molecule has 6 nitrogen and oxygen atoms in total. The Hall–Kier alpha value is -2.37. The number of hydrogen-bond donors (Lipinski definition) is 0. The lowest BCUT2D eigenvalue weighted by Crippen LogP contribution is -2.39. The van der Waals surface area contributed by atoms with Gasteiger partial charge < -0.3 is 9.26 Å². The molecule has 1 atom stereocenters. The van der Waals surface area contributed by atoms with Crippen LogP contribution >= 0.6 is 0 Å². The van der Waals surface area contributed by atoms with Gasteiger partial charge in [0.2, 0.25) is 5.89 Å². The van der Waals surface area contributed by atoms with Gasteiger partial charge in [0.25, 0.3) is 0 Å². The van der Waals surface area contributed by atoms with Crippen LogP contribution in [0.15, 0.2) is 34.9 Å². The molecular formula is C16H19N3O3. The van der Waals surface area contributed by atoms with Crippen molar-refractivity contribution in [3.8, 4) is 0 Å². The molecule has 6 heteroatoms. The maximum absolute atomic E-state index is 12.4. The van der Waals surface area contributed by atoms with Crippen molar-refractivity contribution in [2.24, 2.45) is 0 Å². The molecule has 116 valence electrons. The van der Waals surface area contributed by atoms with Crippen LogP contribution in [-0.2, 0) is 11.3 Å². The Balaban J connectivity index is 1.66. The van der Waals surface area contributed by atoms with E-state index in [4.69, 9.17) is 9.26 Å². The van der Waals surface area contributed by atoms with E-state index >= 15 is 0 Å². The van der Waals surface area contributed by atoms with Crippen LogP contribution in [0.25, 0.3) is 0 Å². The summed E-state index contributed by atoms with van der Waals surface area (Å²) in [5, 5.41) is 3.81. The summed E-state index contributed by atoms with van der Waals surface area (Å²) in [5.41, 5.74) is 0.970. The third kappa shape index (κ3) is 3.27. The number of rotatable bonds is 3. The summed E-state index contributed by atoms with van der Waals surface area (Å²) in [4.78, 5) is 18.3. The SMILES string of the molecule is Cc1noc(C2CCCCN2C(=O)OCc2ccccc2)n1. The summed E-state index contributed by atoms with van der Waals surface area (Å²) in [6.45, 7) is 2.69. The molecule has 0 bridgehead atoms. The van der Waals surface area contributed by atoms with Crippen molar-refractivity contribution in [2.45, 2.75) is 38.8 Å². The second kappa shape index (κ2) is 6.60. The Morgan fingerprint density at radius 1 is 1.36 bits per heavy atom. The van der Waals surface area contributed by atoms with Crippen LogP contribution in [0.2, 0.25) is 0 Å². The number of carbonyl (C=O) groups excluding carboxylic acids is 1. The highest BCUT2D eigenvalue weighted by Gasteiger charge is 2.32. The monoisotopic (exact) mass is 301 g/mol. The molecular weight excluding hydrogens is 282 g/mol. The van der Waals surface area contributed by atoms with E-state index in [1.165, 1.54) is 0 Å². The summed E-state index contributed by atoms with van der Waals surface area (Å²) in [6, 6.07) is 9.47. The number of likely N-dealkylation sites (tertiary alicyclic amines) is 1. The molecule has 3 rings (SSSR count). The summed E-state index contributed by atoms with van der Waals surface area (Å²) < 4.78 is 10.7. The fraction of sp³-hybridized carbons (Fsp3) is 0.438. The van der Waals surface area contributed by atoms with E-state index in [1.54, 1.807) is 11.8 Å². The molecule has 0 aliphatic carbocycles. The smallest absolute Gasteiger partial charge is 0.410 e. The summed E-state index contributed by atoms with van der Waals surface area (Å²) >= 11 is 0. The first-order valence-electron chi connectivity index (χ1n) is 7.51. The van der Waals surface area contributed by atoms with Crippen LogP contribution in [0.4, 0.5) is 4.79 Å². The molecule has 1 aromatic carbocycles. The lowest BCUT2D eigenvalue weighted by molar-refractivity contribution is 0.0592. The maximum atomic E-state index is 12.4. The molecule has 1 aliphatic heterocycles. The van der Waals surface area contributed by atoms with Crippen LogP contribution < -0.4 is 0 Å². The average molecular weight is 301 g/mol. The van der Waals surface area contributed by atoms with Crippen molar-refractivity contribution in [1.82, 2.24) is 15.0 Å². The fourth-order valence-electron chi connectivity index (χ4n) is 2.66. The number of hydrogen-bond acceptors (Lipinski definition) is 5. The number of amides is 1. The fourth-order valence-corrected chi connectivity index (χ4v) is 2.66. The first-order valence-corrected chi connectivity index (χ1v) is 7.51. The summed E-state index contributed by atoms with van der Waals surface area (Å²) in [6.07, 6.45) is 2.49. The van der Waals surface area contributed by atoms with Crippen molar-refractivity contribution >= 4 is 6.09 Å². The van der Waals surface area contributed by atoms with E-state index in [0.29, 0.717) is 18.3 Å². The number of aromatic nitrogens is 2. The molecule has 0 N–H and O–H groups in total. The second-order valence-corrected chi connectivity index (χ2v) is 5.42. The minimum atomic E-state index is -0.329. The van der Waals surface area contributed by atoms with Crippen LogP contribution in [0.1, 0.15) is 42.6 Å². The second-order valence-electron chi connectivity index (χ2n) is 5.42. The van der Waals surface area contributed by atoms with Gasteiger partial charge in [-0.05, 0) is 31.7 Å². The molecule has 0 radical (unpaired) electrons. The molecule has 1 fully saturated rings. The summed E-state index contributed by atoms with van der Waals surface area (Å²) in [5.74, 6) is 1.08. The number of benzene rings is 1. The van der Waals surface area contributed by atoms with E-state index in [9.17, 15) is 4.79 Å². The maximum Gasteiger partial charge on any atom is 0.410 e. The third-order valence-electron chi connectivity index (χ3n) is 3.77. The van der Waals surface area contributed by atoms with Crippen molar-refractivity contribution in [2.75, 3.05) is 6.54 Å². The van der Waals surface area contributed by atoms with Crippen molar-refractivity contribution in [3.63, 3.8) is 0 Å². The number of carbonyl (C=O) groups is 1. The van der Waals surface area contributed by atoms with Gasteiger partial charge in [-0.15, -0.1) is 0 Å². The highest BCUT2D eigenvalue weighted by molar-refractivity contribution is 5.68. The van der Waals surface area contributed by atoms with Gasteiger partial charge in [-0.2, -0.15) is 4.98 Å². The lowest BCUT2D eigenvalue weighted by atomic mass is 10.0. The Morgan fingerprint density at radius 3 is 2.91 bits per heavy atom. The van der Waals surface area contributed by atoms with E-state index in [-0.39, 0.29) is 18.7 Å². The zero-order chi connectivity index (χ0) is 15.4. The van der Waals surface area contributed by atoms with Gasteiger partial charge in [0.05, 0.1) is 0 Å². The van der Waals surface area contributed by atoms with E-state index < -0.39 is 0 Å². The van der Waals surface area contributed by atoms with Gasteiger partial charge in [-0.25, -0.2) is 4.79 Å². The molecule has 0 saturated carbocycles. The first-order chi connectivity index (χ1) is 10.7. The largest absolute Gasteiger partial charge is 0.445 e. The third-order valence-corrected chi connectivity index (χ3v) is 3.77. The highest BCUT2D eigenvalue weighted by Crippen LogP contribution is 2.30. The van der Waals surface area contributed by atoms with Crippen molar-refractivity contribution in [3.05, 3.63) is 47.6 Å². The average Bonchev–Trinajstić information content (AvgIpc) is 3.00. The van der Waals surface area contributed by atoms with Crippen LogP contribution in [0.5, 0.6) is 0 Å². The number of piperidine rings is 1. The van der Waals surface area contributed by atoms with Gasteiger partial charge in [0, 0.05) is 6.54 Å². The Kier molecular flexibility index (Phi) is 4.37. The number of ether oxygens (including phenoxy) is 1. The van der Waals surface area contributed by atoms with E-state index in [1.807, 2.05) is 30.3 Å². The molecule has 2 aromatic rings. The molecule has 22 heavy (non-hydrogen) atoms. The molecule has 1 aliphatic rings. The zero-order valence-electron chi connectivity index (χ0n) is 12.6. The Morgan fingerprint density at radius 2 is 2.18 bits per heavy atom. The van der Waals surface area contributed by atoms with Crippen molar-refractivity contribution in [1.29, 1.82) is 0 Å². The Bertz CT molecular complexity index is 627. The van der Waals surface area contributed by atoms with Crippen LogP contribution in [0, 0.1) is 6.92 Å². The quantitative estimate of drug-likeness (QED) is 0.870. The molecule has 1 unspecified atom stereocenters. The predicted molar refractivity (Wildman–Crippen MR) is 79.0 cm³/mol. The van der Waals surface area contributed by atoms with Gasteiger partial charge in [0.1, 0.15) is 12.6 Å². The van der Waals surface area contributed by atoms with Gasteiger partial charge in [-0.3, -0.25) is 4.90 Å². The molecule has 0 spiro atoms. The molecule has 1 amide bonds. The molecule has 1 saturated heterocycles. The Labute approximate surface area is 129 Å². The normalized spacial score (nSPS) is 18.2. The van der Waals surface area contributed by atoms with E-state index in [2.05, 4.69) is 10.1 Å². The van der Waals surface area contributed by atoms with E-state index in [0.717, 1.165) is 24.8 Å². The van der Waals surface area contributed by atoms with Gasteiger partial charge in [-0.1, -0.05) is 35.5 Å². The minimum absolute atomic E-state index is 0.182. The highest BCUT2D eigenvalue weighted by atomic mass is 16.6. The lowest BCUT2D eigenvalue weighted by Gasteiger charge is -2.32. The number of nitrogens with zero attached hydrogens (tertiary/aromatic N) is 3. The molecule has 1 aromatic heterocycles. The standard InChI is InChI=1S/C16H19N3O3/c1-12-17-15(22-18-12)14-9-5-6-10-19(14)16(20)21-11-13-7-3-2-4-8-13/h2-4,7-8,14H,5-6,9-11H2,1H3. The zero-order valence-corrected chi connectivity index (χ0v) is 12.6. The van der Waals surface area contributed by atoms with Crippen LogP contribution in [0.3, 0.4) is 0 Å². The predicted octanol–water partition coefficient (Wildman–Crippen LogP) is 3.24. The van der Waals surface area contributed by atoms with Crippen molar-refractivity contribution < 1.29 is 14.1 Å². The van der Waals surface area contributed by atoms with Gasteiger partial charge >= 0.3 is 6.09 Å². The van der Waals surface area contributed by atoms with Crippen LogP contribution in [-0.4, -0.2) is 27.7 Å². The molecule has 2 heterocycles. The summed E-state index contributed by atoms with van der Waals surface area (Å²) in [7, 11) is 0. The van der Waals surface area contributed by atoms with Gasteiger partial charge in [0.15, 0.2) is 5.82 Å². The minimum Gasteiger partial charge on any atom is -0.445 e.